The summed E-state index contributed by atoms with van der Waals surface area (Å²) in [5.74, 6) is 6.30. The second-order valence-corrected chi connectivity index (χ2v) is 4.32. The van der Waals surface area contributed by atoms with Crippen molar-refractivity contribution in [1.29, 1.82) is 0 Å². The van der Waals surface area contributed by atoms with Gasteiger partial charge in [-0.3, -0.25) is 4.79 Å². The standard InChI is InChI=1S/C15H18N4O2/c16-19-14-9-4-8-13(18-14)15(20)17-10-5-11-21-12-6-2-1-3-7-12/h1-4,6-9H,5,10-11,16H2,(H,17,20)(H,18,19). The first-order chi connectivity index (χ1) is 10.3. The number of benzene rings is 1. The van der Waals surface area contributed by atoms with Crippen LogP contribution in [-0.2, 0) is 0 Å². The Morgan fingerprint density at radius 2 is 1.95 bits per heavy atom. The average molecular weight is 286 g/mol. The summed E-state index contributed by atoms with van der Waals surface area (Å²) in [6, 6.07) is 14.6. The van der Waals surface area contributed by atoms with Gasteiger partial charge in [-0.05, 0) is 30.7 Å². The molecule has 110 valence electrons. The maximum absolute atomic E-state index is 11.9. The Morgan fingerprint density at radius 1 is 1.14 bits per heavy atom. The average Bonchev–Trinajstić information content (AvgIpc) is 2.55. The summed E-state index contributed by atoms with van der Waals surface area (Å²) in [7, 11) is 0. The van der Waals surface area contributed by atoms with Crippen molar-refractivity contribution in [2.45, 2.75) is 6.42 Å². The van der Waals surface area contributed by atoms with Gasteiger partial charge in [0.05, 0.1) is 6.61 Å². The van der Waals surface area contributed by atoms with Gasteiger partial charge in [-0.15, -0.1) is 0 Å². The number of pyridine rings is 1. The van der Waals surface area contributed by atoms with E-state index in [0.29, 0.717) is 24.7 Å². The molecule has 0 bridgehead atoms. The molecule has 1 heterocycles. The molecule has 21 heavy (non-hydrogen) atoms. The molecule has 0 atom stereocenters. The Kier molecular flexibility index (Phi) is 5.54. The largest absolute Gasteiger partial charge is 0.494 e. The zero-order valence-electron chi connectivity index (χ0n) is 11.6. The highest BCUT2D eigenvalue weighted by Crippen LogP contribution is 2.08. The van der Waals surface area contributed by atoms with Gasteiger partial charge in [0.15, 0.2) is 0 Å². The lowest BCUT2D eigenvalue weighted by atomic mass is 10.3. The normalized spacial score (nSPS) is 9.95. The number of nitrogens with zero attached hydrogens (tertiary/aromatic N) is 1. The van der Waals surface area contributed by atoms with E-state index < -0.39 is 0 Å². The zero-order chi connectivity index (χ0) is 14.9. The molecule has 0 fully saturated rings. The predicted octanol–water partition coefficient (Wildman–Crippen LogP) is 1.57. The van der Waals surface area contributed by atoms with Crippen LogP contribution in [0.1, 0.15) is 16.9 Å². The minimum absolute atomic E-state index is 0.230. The Hall–Kier alpha value is -2.60. The quantitative estimate of drug-likeness (QED) is 0.408. The molecule has 1 aromatic heterocycles. The molecule has 6 nitrogen and oxygen atoms in total. The number of hydrogen-bond donors (Lipinski definition) is 3. The van der Waals surface area contributed by atoms with E-state index >= 15 is 0 Å². The first-order valence-electron chi connectivity index (χ1n) is 6.69. The summed E-state index contributed by atoms with van der Waals surface area (Å²) >= 11 is 0. The number of hydrazine groups is 1. The maximum atomic E-state index is 11.9. The number of carbonyl (C=O) groups excluding carboxylic acids is 1. The first-order valence-corrected chi connectivity index (χ1v) is 6.69. The lowest BCUT2D eigenvalue weighted by molar-refractivity contribution is 0.0946. The molecule has 4 N–H and O–H groups in total. The molecule has 0 aliphatic heterocycles. The second kappa shape index (κ2) is 7.86. The van der Waals surface area contributed by atoms with E-state index in [1.807, 2.05) is 30.3 Å². The van der Waals surface area contributed by atoms with E-state index in [1.54, 1.807) is 18.2 Å². The number of hydrogen-bond acceptors (Lipinski definition) is 5. The van der Waals surface area contributed by atoms with Crippen molar-refractivity contribution >= 4 is 11.7 Å². The van der Waals surface area contributed by atoms with Gasteiger partial charge >= 0.3 is 0 Å². The minimum Gasteiger partial charge on any atom is -0.494 e. The summed E-state index contributed by atoms with van der Waals surface area (Å²) in [5, 5.41) is 2.79. The molecule has 6 heteroatoms. The Bertz CT molecular complexity index is 575. The second-order valence-electron chi connectivity index (χ2n) is 4.32. The molecule has 0 radical (unpaired) electrons. The van der Waals surface area contributed by atoms with Crippen LogP contribution in [0.4, 0.5) is 5.82 Å². The SMILES string of the molecule is NNc1cccc(C(=O)NCCCOc2ccccc2)n1. The van der Waals surface area contributed by atoms with Crippen molar-refractivity contribution in [2.75, 3.05) is 18.6 Å². The fraction of sp³-hybridized carbons (Fsp3) is 0.200. The van der Waals surface area contributed by atoms with Gasteiger partial charge in [0.1, 0.15) is 17.3 Å². The highest BCUT2D eigenvalue weighted by Gasteiger charge is 2.06. The highest BCUT2D eigenvalue weighted by molar-refractivity contribution is 5.92. The number of anilines is 1. The molecule has 0 spiro atoms. The van der Waals surface area contributed by atoms with Crippen LogP contribution >= 0.6 is 0 Å². The monoisotopic (exact) mass is 286 g/mol. The number of ether oxygens (including phenoxy) is 1. The highest BCUT2D eigenvalue weighted by atomic mass is 16.5. The van der Waals surface area contributed by atoms with E-state index in [0.717, 1.165) is 12.2 Å². The number of aromatic nitrogens is 1. The van der Waals surface area contributed by atoms with Crippen LogP contribution in [0.5, 0.6) is 5.75 Å². The molecular formula is C15H18N4O2. The summed E-state index contributed by atoms with van der Waals surface area (Å²) in [4.78, 5) is 15.9. The summed E-state index contributed by atoms with van der Waals surface area (Å²) in [6.07, 6.45) is 0.718. The van der Waals surface area contributed by atoms with Gasteiger partial charge < -0.3 is 15.5 Å². The van der Waals surface area contributed by atoms with E-state index in [9.17, 15) is 4.79 Å². The lowest BCUT2D eigenvalue weighted by Gasteiger charge is -2.07. The van der Waals surface area contributed by atoms with Gasteiger partial charge in [0.25, 0.3) is 5.91 Å². The fourth-order valence-electron chi connectivity index (χ4n) is 1.71. The molecular weight excluding hydrogens is 268 g/mol. The molecule has 2 aromatic rings. The molecule has 2 rings (SSSR count). The number of para-hydroxylation sites is 1. The third-order valence-corrected chi connectivity index (χ3v) is 2.75. The van der Waals surface area contributed by atoms with Crippen LogP contribution in [0.2, 0.25) is 0 Å². The van der Waals surface area contributed by atoms with Crippen molar-refractivity contribution in [1.82, 2.24) is 10.3 Å². The number of nitrogen functional groups attached to an aromatic ring is 1. The molecule has 0 unspecified atom stereocenters. The number of carbonyl (C=O) groups is 1. The van der Waals surface area contributed by atoms with Crippen molar-refractivity contribution in [3.8, 4) is 5.75 Å². The number of nitrogens with two attached hydrogens (primary N) is 1. The molecule has 1 aromatic carbocycles. The van der Waals surface area contributed by atoms with Crippen LogP contribution < -0.4 is 21.3 Å². The zero-order valence-corrected chi connectivity index (χ0v) is 11.6. The number of amides is 1. The van der Waals surface area contributed by atoms with Gasteiger partial charge in [-0.25, -0.2) is 10.8 Å². The van der Waals surface area contributed by atoms with Crippen molar-refractivity contribution in [3.63, 3.8) is 0 Å². The maximum Gasteiger partial charge on any atom is 0.269 e. The van der Waals surface area contributed by atoms with Crippen LogP contribution in [-0.4, -0.2) is 24.0 Å². The Balaban J connectivity index is 1.69. The number of rotatable bonds is 7. The van der Waals surface area contributed by atoms with Crippen LogP contribution in [0.15, 0.2) is 48.5 Å². The van der Waals surface area contributed by atoms with Gasteiger partial charge in [-0.1, -0.05) is 24.3 Å². The van der Waals surface area contributed by atoms with E-state index in [-0.39, 0.29) is 5.91 Å². The fourth-order valence-corrected chi connectivity index (χ4v) is 1.71. The van der Waals surface area contributed by atoms with Crippen molar-refractivity contribution in [3.05, 3.63) is 54.2 Å². The smallest absolute Gasteiger partial charge is 0.269 e. The molecule has 0 saturated carbocycles. The molecule has 1 amide bonds. The van der Waals surface area contributed by atoms with Crippen LogP contribution in [0, 0.1) is 0 Å². The Morgan fingerprint density at radius 3 is 2.71 bits per heavy atom. The summed E-state index contributed by atoms with van der Waals surface area (Å²) in [5.41, 5.74) is 2.73. The third-order valence-electron chi connectivity index (χ3n) is 2.75. The predicted molar refractivity (Wildman–Crippen MR) is 80.9 cm³/mol. The van der Waals surface area contributed by atoms with E-state index in [4.69, 9.17) is 10.6 Å². The molecule has 0 aliphatic rings. The molecule has 0 aliphatic carbocycles. The van der Waals surface area contributed by atoms with Crippen LogP contribution in [0.3, 0.4) is 0 Å². The molecule has 0 saturated heterocycles. The van der Waals surface area contributed by atoms with Gasteiger partial charge in [0, 0.05) is 6.54 Å². The van der Waals surface area contributed by atoms with Gasteiger partial charge in [-0.2, -0.15) is 0 Å². The van der Waals surface area contributed by atoms with Crippen molar-refractivity contribution in [2.24, 2.45) is 5.84 Å². The van der Waals surface area contributed by atoms with Gasteiger partial charge in [0.2, 0.25) is 0 Å². The van der Waals surface area contributed by atoms with Crippen LogP contribution in [0.25, 0.3) is 0 Å². The minimum atomic E-state index is -0.230. The van der Waals surface area contributed by atoms with E-state index in [1.165, 1.54) is 0 Å². The lowest BCUT2D eigenvalue weighted by Crippen LogP contribution is -2.26. The third kappa shape index (κ3) is 4.77. The number of nitrogens with one attached hydrogen (secondary N) is 2. The summed E-state index contributed by atoms with van der Waals surface area (Å²) in [6.45, 7) is 1.07. The summed E-state index contributed by atoms with van der Waals surface area (Å²) < 4.78 is 5.54. The first kappa shape index (κ1) is 14.8. The van der Waals surface area contributed by atoms with E-state index in [2.05, 4.69) is 15.7 Å². The van der Waals surface area contributed by atoms with Crippen molar-refractivity contribution < 1.29 is 9.53 Å². The topological polar surface area (TPSA) is 89.3 Å². The Labute approximate surface area is 123 Å².